The molecule has 5 nitrogen and oxygen atoms in total. The number of rotatable bonds is 7. The lowest BCUT2D eigenvalue weighted by Gasteiger charge is -2.19. The van der Waals surface area contributed by atoms with E-state index < -0.39 is 5.97 Å². The SMILES string of the molecule is CCOC(=O)c1c(NC(C)=O)sc2c1CCC(C=Nc1ccccc1)=C2Sc1ccccc1. The minimum absolute atomic E-state index is 0.216. The fourth-order valence-electron chi connectivity index (χ4n) is 3.58. The lowest BCUT2D eigenvalue weighted by Crippen LogP contribution is -2.13. The van der Waals surface area contributed by atoms with Gasteiger partial charge < -0.3 is 10.1 Å². The van der Waals surface area contributed by atoms with Gasteiger partial charge in [-0.3, -0.25) is 9.79 Å². The van der Waals surface area contributed by atoms with Gasteiger partial charge in [-0.1, -0.05) is 48.2 Å². The van der Waals surface area contributed by atoms with Gasteiger partial charge in [0, 0.05) is 27.8 Å². The Balaban J connectivity index is 1.83. The first-order valence-electron chi connectivity index (χ1n) is 10.7. The third-order valence-electron chi connectivity index (χ3n) is 5.01. The number of carbonyl (C=O) groups excluding carboxylic acids is 2. The molecule has 1 aromatic heterocycles. The van der Waals surface area contributed by atoms with Crippen LogP contribution in [0.1, 0.15) is 41.1 Å². The van der Waals surface area contributed by atoms with Crippen molar-refractivity contribution in [1.82, 2.24) is 0 Å². The van der Waals surface area contributed by atoms with E-state index in [4.69, 9.17) is 4.74 Å². The van der Waals surface area contributed by atoms with E-state index in [0.29, 0.717) is 17.0 Å². The van der Waals surface area contributed by atoms with Gasteiger partial charge in [-0.05, 0) is 55.2 Å². The fourth-order valence-corrected chi connectivity index (χ4v) is 6.12. The van der Waals surface area contributed by atoms with Gasteiger partial charge in [0.1, 0.15) is 5.00 Å². The monoisotopic (exact) mass is 476 g/mol. The van der Waals surface area contributed by atoms with Crippen LogP contribution in [0.15, 0.2) is 76.1 Å². The first-order chi connectivity index (χ1) is 16.1. The molecule has 0 unspecified atom stereocenters. The average Bonchev–Trinajstić information content (AvgIpc) is 3.17. The van der Waals surface area contributed by atoms with Crippen LogP contribution in [0.5, 0.6) is 0 Å². The van der Waals surface area contributed by atoms with E-state index in [2.05, 4.69) is 22.4 Å². The quantitative estimate of drug-likeness (QED) is 0.303. The van der Waals surface area contributed by atoms with E-state index in [9.17, 15) is 9.59 Å². The Morgan fingerprint density at radius 3 is 2.45 bits per heavy atom. The summed E-state index contributed by atoms with van der Waals surface area (Å²) in [4.78, 5) is 32.5. The predicted octanol–water partition coefficient (Wildman–Crippen LogP) is 6.74. The third kappa shape index (κ3) is 5.43. The zero-order valence-electron chi connectivity index (χ0n) is 18.5. The molecule has 0 saturated heterocycles. The molecule has 0 spiro atoms. The molecule has 0 fully saturated rings. The second-order valence-corrected chi connectivity index (χ2v) is 9.48. The molecule has 33 heavy (non-hydrogen) atoms. The smallest absolute Gasteiger partial charge is 0.341 e. The van der Waals surface area contributed by atoms with Gasteiger partial charge in [0.25, 0.3) is 0 Å². The number of para-hydroxylation sites is 1. The number of amides is 1. The predicted molar refractivity (Wildman–Crippen MR) is 137 cm³/mol. The molecular weight excluding hydrogens is 452 g/mol. The van der Waals surface area contributed by atoms with Crippen LogP contribution in [0.3, 0.4) is 0 Å². The topological polar surface area (TPSA) is 67.8 Å². The lowest BCUT2D eigenvalue weighted by molar-refractivity contribution is -0.114. The fraction of sp³-hybridized carbons (Fsp3) is 0.192. The van der Waals surface area contributed by atoms with Crippen LogP contribution >= 0.6 is 23.1 Å². The Labute approximate surface area is 201 Å². The molecule has 1 N–H and O–H groups in total. The summed E-state index contributed by atoms with van der Waals surface area (Å²) in [5.41, 5.74) is 3.39. The number of esters is 1. The number of thiophene rings is 1. The van der Waals surface area contributed by atoms with Crippen LogP contribution in [0.4, 0.5) is 10.7 Å². The first kappa shape index (κ1) is 23.0. The van der Waals surface area contributed by atoms with Gasteiger partial charge >= 0.3 is 5.97 Å². The van der Waals surface area contributed by atoms with Gasteiger partial charge in [-0.25, -0.2) is 4.79 Å². The van der Waals surface area contributed by atoms with Crippen molar-refractivity contribution in [3.05, 3.63) is 82.2 Å². The van der Waals surface area contributed by atoms with E-state index in [1.165, 1.54) is 18.3 Å². The molecule has 3 aromatic rings. The minimum Gasteiger partial charge on any atom is -0.462 e. The number of anilines is 1. The summed E-state index contributed by atoms with van der Waals surface area (Å²) in [5, 5.41) is 3.38. The van der Waals surface area contributed by atoms with Crippen molar-refractivity contribution in [3.63, 3.8) is 0 Å². The Morgan fingerprint density at radius 2 is 1.79 bits per heavy atom. The Morgan fingerprint density at radius 1 is 1.09 bits per heavy atom. The van der Waals surface area contributed by atoms with Crippen molar-refractivity contribution in [1.29, 1.82) is 0 Å². The maximum atomic E-state index is 12.8. The maximum Gasteiger partial charge on any atom is 0.341 e. The summed E-state index contributed by atoms with van der Waals surface area (Å²) >= 11 is 3.07. The van der Waals surface area contributed by atoms with Gasteiger partial charge in [-0.15, -0.1) is 11.3 Å². The Bertz CT molecular complexity index is 1220. The Kier molecular flexibility index (Phi) is 7.42. The maximum absolute atomic E-state index is 12.8. The number of fused-ring (bicyclic) bond motifs is 1. The summed E-state index contributed by atoms with van der Waals surface area (Å²) in [7, 11) is 0. The second kappa shape index (κ2) is 10.6. The van der Waals surface area contributed by atoms with Gasteiger partial charge in [0.05, 0.1) is 17.9 Å². The number of thioether (sulfide) groups is 1. The number of hydrogen-bond donors (Lipinski definition) is 1. The number of nitrogens with one attached hydrogen (secondary N) is 1. The normalized spacial score (nSPS) is 13.2. The van der Waals surface area contributed by atoms with E-state index in [1.807, 2.05) is 54.7 Å². The van der Waals surface area contributed by atoms with Crippen molar-refractivity contribution in [2.24, 2.45) is 4.99 Å². The molecule has 0 saturated carbocycles. The molecule has 0 aliphatic heterocycles. The third-order valence-corrected chi connectivity index (χ3v) is 7.48. The lowest BCUT2D eigenvalue weighted by atomic mass is 9.95. The molecule has 0 bridgehead atoms. The van der Waals surface area contributed by atoms with Crippen LogP contribution in [-0.4, -0.2) is 24.7 Å². The molecule has 1 aliphatic carbocycles. The van der Waals surface area contributed by atoms with Crippen LogP contribution in [0, 0.1) is 0 Å². The number of benzene rings is 2. The molecule has 1 aliphatic rings. The molecular formula is C26H24N2O3S2. The Hall–Kier alpha value is -3.16. The molecule has 7 heteroatoms. The molecule has 0 atom stereocenters. The van der Waals surface area contributed by atoms with Crippen LogP contribution < -0.4 is 5.32 Å². The minimum atomic E-state index is -0.399. The number of ether oxygens (including phenoxy) is 1. The van der Waals surface area contributed by atoms with Crippen LogP contribution in [0.25, 0.3) is 4.91 Å². The van der Waals surface area contributed by atoms with Crippen molar-refractivity contribution in [3.8, 4) is 0 Å². The summed E-state index contributed by atoms with van der Waals surface area (Å²) in [6.45, 7) is 3.50. The van der Waals surface area contributed by atoms with Gasteiger partial charge in [-0.2, -0.15) is 0 Å². The molecule has 1 amide bonds. The highest BCUT2D eigenvalue weighted by atomic mass is 32.2. The summed E-state index contributed by atoms with van der Waals surface area (Å²) in [6, 6.07) is 19.9. The van der Waals surface area contributed by atoms with E-state index in [0.717, 1.165) is 37.9 Å². The van der Waals surface area contributed by atoms with E-state index in [1.54, 1.807) is 18.7 Å². The number of hydrogen-bond acceptors (Lipinski definition) is 6. The van der Waals surface area contributed by atoms with Crippen molar-refractivity contribution >= 4 is 56.8 Å². The summed E-state index contributed by atoms with van der Waals surface area (Å²) in [6.07, 6.45) is 3.33. The summed E-state index contributed by atoms with van der Waals surface area (Å²) < 4.78 is 5.33. The molecule has 168 valence electrons. The number of allylic oxidation sites excluding steroid dienone is 1. The van der Waals surface area contributed by atoms with Crippen molar-refractivity contribution in [2.45, 2.75) is 31.6 Å². The highest BCUT2D eigenvalue weighted by Gasteiger charge is 2.31. The van der Waals surface area contributed by atoms with E-state index >= 15 is 0 Å². The highest BCUT2D eigenvalue weighted by molar-refractivity contribution is 8.08. The standard InChI is InChI=1S/C26H24N2O3S2/c1-3-31-26(30)22-21-15-14-18(16-27-19-10-6-4-7-11-19)23(32-20-12-8-5-9-13-20)24(21)33-25(22)28-17(2)29/h4-13,16H,3,14-15H2,1-2H3,(H,28,29). The zero-order valence-corrected chi connectivity index (χ0v) is 20.1. The highest BCUT2D eigenvalue weighted by Crippen LogP contribution is 2.49. The van der Waals surface area contributed by atoms with Crippen LogP contribution in [0.2, 0.25) is 0 Å². The molecule has 4 rings (SSSR count). The molecule has 2 aromatic carbocycles. The zero-order chi connectivity index (χ0) is 23.2. The number of aliphatic imine (C=N–C) groups is 1. The second-order valence-electron chi connectivity index (χ2n) is 7.38. The first-order valence-corrected chi connectivity index (χ1v) is 12.4. The van der Waals surface area contributed by atoms with Crippen LogP contribution in [-0.2, 0) is 16.0 Å². The van der Waals surface area contributed by atoms with Gasteiger partial charge in [0.15, 0.2) is 0 Å². The number of carbonyl (C=O) groups is 2. The molecule has 0 radical (unpaired) electrons. The van der Waals surface area contributed by atoms with Crippen molar-refractivity contribution in [2.75, 3.05) is 11.9 Å². The number of nitrogens with zero attached hydrogens (tertiary/aromatic N) is 1. The van der Waals surface area contributed by atoms with Crippen molar-refractivity contribution < 1.29 is 14.3 Å². The van der Waals surface area contributed by atoms with Gasteiger partial charge in [0.2, 0.25) is 5.91 Å². The average molecular weight is 477 g/mol. The van der Waals surface area contributed by atoms with E-state index in [-0.39, 0.29) is 12.5 Å². The molecule has 1 heterocycles. The summed E-state index contributed by atoms with van der Waals surface area (Å²) in [5.74, 6) is -0.615. The largest absolute Gasteiger partial charge is 0.462 e.